The second-order valence-electron chi connectivity index (χ2n) is 3.77. The molecule has 0 heterocycles. The highest BCUT2D eigenvalue weighted by Gasteiger charge is 2.01. The molecular weight excluding hydrogens is 199 g/mol. The van der Waals surface area contributed by atoms with Crippen LogP contribution in [-0.2, 0) is 6.67 Å². The molecule has 0 radical (unpaired) electrons. The molecule has 0 amide bonds. The van der Waals surface area contributed by atoms with Crippen molar-refractivity contribution in [1.29, 1.82) is 0 Å². The van der Waals surface area contributed by atoms with Gasteiger partial charge in [0.25, 0.3) is 0 Å². The minimum absolute atomic E-state index is 0.413. The lowest BCUT2D eigenvalue weighted by Gasteiger charge is -2.06. The molecule has 0 aliphatic heterocycles. The molecule has 0 fully saturated rings. The number of alkyl halides is 1. The van der Waals surface area contributed by atoms with E-state index >= 15 is 0 Å². The van der Waals surface area contributed by atoms with Crippen LogP contribution in [-0.4, -0.2) is 0 Å². The summed E-state index contributed by atoms with van der Waals surface area (Å²) in [7, 11) is 0. The van der Waals surface area contributed by atoms with Gasteiger partial charge in [0, 0.05) is 0 Å². The summed E-state index contributed by atoms with van der Waals surface area (Å²) in [6.45, 7) is 12.8. The monoisotopic (exact) mass is 220 g/mol. The van der Waals surface area contributed by atoms with E-state index in [1.54, 1.807) is 0 Å². The third-order valence-electron chi connectivity index (χ3n) is 2.15. The van der Waals surface area contributed by atoms with Crippen LogP contribution in [0, 0.1) is 6.92 Å². The maximum absolute atomic E-state index is 12.5. The smallest absolute Gasteiger partial charge is 0.115 e. The first-order chi connectivity index (χ1) is 7.56. The maximum atomic E-state index is 12.5. The summed E-state index contributed by atoms with van der Waals surface area (Å²) in [5.41, 5.74) is 3.68. The molecule has 1 rings (SSSR count). The molecule has 0 N–H and O–H groups in total. The lowest BCUT2D eigenvalue weighted by atomic mass is 10.0. The molecule has 0 unspecified atom stereocenters. The van der Waals surface area contributed by atoms with Crippen molar-refractivity contribution in [3.05, 3.63) is 54.1 Å². The number of allylic oxidation sites excluding steroid dienone is 2. The predicted molar refractivity (Wildman–Crippen MR) is 71.2 cm³/mol. The molecule has 0 aliphatic carbocycles. The fourth-order valence-electron chi connectivity index (χ4n) is 1.25. The Morgan fingerprint density at radius 1 is 1.44 bits per heavy atom. The molecule has 0 saturated heterocycles. The van der Waals surface area contributed by atoms with E-state index in [1.165, 1.54) is 0 Å². The van der Waals surface area contributed by atoms with Crippen molar-refractivity contribution in [2.75, 3.05) is 0 Å². The third kappa shape index (κ3) is 4.92. The van der Waals surface area contributed by atoms with Crippen LogP contribution in [0.3, 0.4) is 0 Å². The van der Waals surface area contributed by atoms with Gasteiger partial charge in [0.05, 0.1) is 0 Å². The number of halogens is 1. The Morgan fingerprint density at radius 2 is 2.00 bits per heavy atom. The summed E-state index contributed by atoms with van der Waals surface area (Å²) in [5, 5.41) is 0. The first-order valence-electron chi connectivity index (χ1n) is 5.49. The summed E-state index contributed by atoms with van der Waals surface area (Å²) < 4.78 is 12.5. The van der Waals surface area contributed by atoms with Crippen LogP contribution < -0.4 is 0 Å². The van der Waals surface area contributed by atoms with Crippen molar-refractivity contribution in [2.24, 2.45) is 0 Å². The zero-order valence-corrected chi connectivity index (χ0v) is 10.5. The van der Waals surface area contributed by atoms with Gasteiger partial charge < -0.3 is 0 Å². The lowest BCUT2D eigenvalue weighted by Crippen LogP contribution is -1.89. The van der Waals surface area contributed by atoms with E-state index in [4.69, 9.17) is 0 Å². The Labute approximate surface area is 98.5 Å². The number of benzene rings is 1. The minimum atomic E-state index is -0.413. The van der Waals surface area contributed by atoms with Crippen molar-refractivity contribution in [3.8, 4) is 0 Å². The van der Waals surface area contributed by atoms with Gasteiger partial charge in [-0.15, -0.1) is 6.58 Å². The molecular formula is C15H21F. The van der Waals surface area contributed by atoms with Crippen molar-refractivity contribution < 1.29 is 4.39 Å². The fourth-order valence-corrected chi connectivity index (χ4v) is 1.25. The van der Waals surface area contributed by atoms with E-state index in [2.05, 4.69) is 20.1 Å². The number of hydrogen-bond acceptors (Lipinski definition) is 0. The fraction of sp³-hybridized carbons (Fsp3) is 0.333. The van der Waals surface area contributed by atoms with Crippen molar-refractivity contribution in [2.45, 2.75) is 33.9 Å². The normalized spacial score (nSPS) is 9.00. The summed E-state index contributed by atoms with van der Waals surface area (Å²) in [6.07, 6.45) is 2.96. The standard InChI is InChI=1S/C11H13F.C4H8/c1-8(2)11-5-4-9(3)6-10(11)7-12;1-3-4-2/h4-6H,1,7H2,2-3H3;3H,1,4H2,2H3. The lowest BCUT2D eigenvalue weighted by molar-refractivity contribution is 0.484. The first-order valence-corrected chi connectivity index (χ1v) is 5.49. The molecule has 16 heavy (non-hydrogen) atoms. The Kier molecular flexibility index (Phi) is 7.19. The van der Waals surface area contributed by atoms with Gasteiger partial charge >= 0.3 is 0 Å². The molecule has 0 nitrogen and oxygen atoms in total. The van der Waals surface area contributed by atoms with Crippen LogP contribution in [0.25, 0.3) is 5.57 Å². The SMILES string of the molecule is C=C(C)c1ccc(C)cc1CF.C=CCC. The van der Waals surface area contributed by atoms with Crippen LogP contribution in [0.1, 0.15) is 37.0 Å². The van der Waals surface area contributed by atoms with Gasteiger partial charge in [0.1, 0.15) is 6.67 Å². The van der Waals surface area contributed by atoms with Crippen LogP contribution in [0.4, 0.5) is 4.39 Å². The second-order valence-corrected chi connectivity index (χ2v) is 3.77. The van der Waals surface area contributed by atoms with E-state index < -0.39 is 6.67 Å². The van der Waals surface area contributed by atoms with E-state index in [0.29, 0.717) is 0 Å². The third-order valence-corrected chi connectivity index (χ3v) is 2.15. The molecule has 1 heteroatoms. The molecule has 0 spiro atoms. The number of hydrogen-bond donors (Lipinski definition) is 0. The minimum Gasteiger partial charge on any atom is -0.246 e. The van der Waals surface area contributed by atoms with Crippen LogP contribution in [0.2, 0.25) is 0 Å². The predicted octanol–water partition coefficient (Wildman–Crippen LogP) is 5.08. The van der Waals surface area contributed by atoms with Crippen molar-refractivity contribution in [3.63, 3.8) is 0 Å². The van der Waals surface area contributed by atoms with E-state index in [-0.39, 0.29) is 0 Å². The van der Waals surface area contributed by atoms with Gasteiger partial charge in [-0.2, -0.15) is 0 Å². The maximum Gasteiger partial charge on any atom is 0.115 e. The largest absolute Gasteiger partial charge is 0.246 e. The van der Waals surface area contributed by atoms with Gasteiger partial charge in [-0.25, -0.2) is 4.39 Å². The highest BCUT2D eigenvalue weighted by Crippen LogP contribution is 2.19. The van der Waals surface area contributed by atoms with E-state index in [0.717, 1.165) is 28.7 Å². The van der Waals surface area contributed by atoms with E-state index in [9.17, 15) is 4.39 Å². The summed E-state index contributed by atoms with van der Waals surface area (Å²) >= 11 is 0. The molecule has 0 aromatic heterocycles. The first kappa shape index (κ1) is 14.6. The summed E-state index contributed by atoms with van der Waals surface area (Å²) in [6, 6.07) is 5.76. The average Bonchev–Trinajstić information content (AvgIpc) is 2.28. The molecule has 0 atom stereocenters. The highest BCUT2D eigenvalue weighted by molar-refractivity contribution is 5.64. The van der Waals surface area contributed by atoms with Gasteiger partial charge in [0.2, 0.25) is 0 Å². The second kappa shape index (κ2) is 7.86. The molecule has 88 valence electrons. The Bertz CT molecular complexity index is 350. The molecule has 1 aromatic rings. The van der Waals surface area contributed by atoms with E-state index in [1.807, 2.05) is 38.1 Å². The molecule has 1 aromatic carbocycles. The highest BCUT2D eigenvalue weighted by atomic mass is 19.1. The summed E-state index contributed by atoms with van der Waals surface area (Å²) in [5.74, 6) is 0. The molecule has 0 saturated carbocycles. The zero-order chi connectivity index (χ0) is 12.6. The molecule has 0 bridgehead atoms. The Hall–Kier alpha value is -1.37. The van der Waals surface area contributed by atoms with Gasteiger partial charge in [-0.1, -0.05) is 48.9 Å². The van der Waals surface area contributed by atoms with Crippen LogP contribution in [0.15, 0.2) is 37.4 Å². The average molecular weight is 220 g/mol. The van der Waals surface area contributed by atoms with Crippen LogP contribution in [0.5, 0.6) is 0 Å². The number of rotatable bonds is 3. The van der Waals surface area contributed by atoms with Gasteiger partial charge in [-0.3, -0.25) is 0 Å². The van der Waals surface area contributed by atoms with Crippen molar-refractivity contribution >= 4 is 5.57 Å². The molecule has 0 aliphatic rings. The van der Waals surface area contributed by atoms with Crippen molar-refractivity contribution in [1.82, 2.24) is 0 Å². The zero-order valence-electron chi connectivity index (χ0n) is 10.5. The summed E-state index contributed by atoms with van der Waals surface area (Å²) in [4.78, 5) is 0. The van der Waals surface area contributed by atoms with Gasteiger partial charge in [-0.05, 0) is 31.4 Å². The Morgan fingerprint density at radius 3 is 2.38 bits per heavy atom. The number of aryl methyl sites for hydroxylation is 1. The topological polar surface area (TPSA) is 0 Å². The van der Waals surface area contributed by atoms with Crippen LogP contribution >= 0.6 is 0 Å². The Balaban J connectivity index is 0.000000487. The van der Waals surface area contributed by atoms with Gasteiger partial charge in [0.15, 0.2) is 0 Å². The quantitative estimate of drug-likeness (QED) is 0.623.